The van der Waals surface area contributed by atoms with E-state index in [1.807, 2.05) is 0 Å². The molecule has 1 saturated heterocycles. The Hall–Kier alpha value is -1.33. The van der Waals surface area contributed by atoms with E-state index in [0.29, 0.717) is 12.8 Å². The summed E-state index contributed by atoms with van der Waals surface area (Å²) in [4.78, 5) is 12.9. The fourth-order valence-electron chi connectivity index (χ4n) is 6.25. The first-order chi connectivity index (χ1) is 23.8. The van der Waals surface area contributed by atoms with Gasteiger partial charge in [-0.1, -0.05) is 141 Å². The number of allylic oxidation sites excluding steroid dienone is 4. The summed E-state index contributed by atoms with van der Waals surface area (Å²) < 4.78 is 11.2. The number of carbonyl (C=O) groups is 1. The van der Waals surface area contributed by atoms with E-state index in [9.17, 15) is 30.3 Å². The second-order valence-corrected chi connectivity index (χ2v) is 14.1. The molecule has 0 saturated carbocycles. The molecule has 9 heteroatoms. The summed E-state index contributed by atoms with van der Waals surface area (Å²) in [6.45, 7) is 3.76. The van der Waals surface area contributed by atoms with Gasteiger partial charge in [0.1, 0.15) is 24.4 Å². The van der Waals surface area contributed by atoms with Gasteiger partial charge in [0.15, 0.2) is 6.29 Å². The van der Waals surface area contributed by atoms with E-state index < -0.39 is 49.5 Å². The number of hydrogen-bond acceptors (Lipinski definition) is 8. The molecule has 49 heavy (non-hydrogen) atoms. The maximum Gasteiger partial charge on any atom is 0.220 e. The van der Waals surface area contributed by atoms with Crippen LogP contribution in [-0.4, -0.2) is 87.5 Å². The number of nitrogens with one attached hydrogen (secondary N) is 1. The van der Waals surface area contributed by atoms with Gasteiger partial charge in [-0.05, 0) is 44.9 Å². The maximum atomic E-state index is 12.9. The maximum absolute atomic E-state index is 12.9. The lowest BCUT2D eigenvalue weighted by atomic mass is 9.99. The lowest BCUT2D eigenvalue weighted by molar-refractivity contribution is -0.302. The first kappa shape index (κ1) is 45.7. The minimum atomic E-state index is -1.55. The van der Waals surface area contributed by atoms with Crippen LogP contribution in [0, 0.1) is 0 Å². The Morgan fingerprint density at radius 2 is 1.20 bits per heavy atom. The molecule has 0 aromatic rings. The van der Waals surface area contributed by atoms with Crippen molar-refractivity contribution in [3.63, 3.8) is 0 Å². The Labute approximate surface area is 298 Å². The van der Waals surface area contributed by atoms with Crippen LogP contribution in [0.4, 0.5) is 0 Å². The number of rotatable bonds is 32. The molecule has 1 amide bonds. The molecular weight excluding hydrogens is 622 g/mol. The van der Waals surface area contributed by atoms with E-state index in [1.54, 1.807) is 0 Å². The minimum Gasteiger partial charge on any atom is -0.394 e. The van der Waals surface area contributed by atoms with Crippen LogP contribution in [0.2, 0.25) is 0 Å². The van der Waals surface area contributed by atoms with Crippen molar-refractivity contribution >= 4 is 5.91 Å². The number of aliphatic hydroxyl groups excluding tert-OH is 5. The highest BCUT2D eigenvalue weighted by Crippen LogP contribution is 2.23. The highest BCUT2D eigenvalue weighted by atomic mass is 16.7. The summed E-state index contributed by atoms with van der Waals surface area (Å²) in [5, 5.41) is 54.0. The third-order valence-corrected chi connectivity index (χ3v) is 9.56. The quantitative estimate of drug-likeness (QED) is 0.0320. The average Bonchev–Trinajstić information content (AvgIpc) is 3.10. The molecule has 0 aromatic carbocycles. The molecular formula is C40H75NO8. The first-order valence-corrected chi connectivity index (χ1v) is 20.0. The summed E-state index contributed by atoms with van der Waals surface area (Å²) in [7, 11) is 0. The molecule has 7 atom stereocenters. The predicted molar refractivity (Wildman–Crippen MR) is 198 cm³/mol. The number of aliphatic hydroxyl groups is 5. The minimum absolute atomic E-state index is 0.143. The lowest BCUT2D eigenvalue weighted by Gasteiger charge is -2.40. The smallest absolute Gasteiger partial charge is 0.220 e. The molecule has 0 radical (unpaired) electrons. The molecule has 1 rings (SSSR count). The van der Waals surface area contributed by atoms with Crippen LogP contribution in [0.1, 0.15) is 168 Å². The molecule has 1 aliphatic heterocycles. The fraction of sp³-hybridized carbons (Fsp3) is 0.875. The Bertz CT molecular complexity index is 822. The topological polar surface area (TPSA) is 149 Å². The number of unbranched alkanes of at least 4 members (excludes halogenated alkanes) is 18. The van der Waals surface area contributed by atoms with Gasteiger partial charge in [0, 0.05) is 6.42 Å². The zero-order chi connectivity index (χ0) is 36.0. The Morgan fingerprint density at radius 3 is 1.80 bits per heavy atom. The zero-order valence-corrected chi connectivity index (χ0v) is 31.2. The van der Waals surface area contributed by atoms with Gasteiger partial charge in [0.05, 0.1) is 25.4 Å². The summed E-state index contributed by atoms with van der Waals surface area (Å²) >= 11 is 0. The number of hydrogen-bond donors (Lipinski definition) is 6. The van der Waals surface area contributed by atoms with Crippen LogP contribution in [0.5, 0.6) is 0 Å². The van der Waals surface area contributed by atoms with Crippen molar-refractivity contribution in [1.29, 1.82) is 0 Å². The molecule has 0 aliphatic carbocycles. The summed E-state index contributed by atoms with van der Waals surface area (Å²) in [6, 6.07) is -0.721. The van der Waals surface area contributed by atoms with Gasteiger partial charge in [0.2, 0.25) is 5.91 Å². The SMILES string of the molecule is CCCCC/C=C/C/C=C/CCCCCCCC(=O)N[C@@H](CO[C@H]1O[C@@H](CO)[C@H](O)C(O)C1O)[C@H](O)CCCCCCCCCCCCC. The highest BCUT2D eigenvalue weighted by molar-refractivity contribution is 5.76. The first-order valence-electron chi connectivity index (χ1n) is 20.0. The van der Waals surface area contributed by atoms with Crippen LogP contribution in [0.15, 0.2) is 24.3 Å². The third-order valence-electron chi connectivity index (χ3n) is 9.56. The van der Waals surface area contributed by atoms with Crippen LogP contribution in [-0.2, 0) is 14.3 Å². The van der Waals surface area contributed by atoms with E-state index in [0.717, 1.165) is 64.2 Å². The molecule has 0 aromatic heterocycles. The molecule has 0 spiro atoms. The van der Waals surface area contributed by atoms with Gasteiger partial charge in [-0.2, -0.15) is 0 Å². The third kappa shape index (κ3) is 23.0. The molecule has 1 fully saturated rings. The predicted octanol–water partition coefficient (Wildman–Crippen LogP) is 7.16. The molecule has 1 aliphatic rings. The monoisotopic (exact) mass is 698 g/mol. The van der Waals surface area contributed by atoms with Crippen LogP contribution >= 0.6 is 0 Å². The number of carbonyl (C=O) groups excluding carboxylic acids is 1. The second-order valence-electron chi connectivity index (χ2n) is 14.1. The molecule has 9 nitrogen and oxygen atoms in total. The molecule has 288 valence electrons. The normalized spacial score (nSPS) is 22.6. The van der Waals surface area contributed by atoms with Crippen LogP contribution < -0.4 is 5.32 Å². The average molecular weight is 698 g/mol. The Morgan fingerprint density at radius 1 is 0.694 bits per heavy atom. The van der Waals surface area contributed by atoms with Gasteiger partial charge >= 0.3 is 0 Å². The fourth-order valence-corrected chi connectivity index (χ4v) is 6.25. The van der Waals surface area contributed by atoms with Gasteiger partial charge in [0.25, 0.3) is 0 Å². The summed E-state index contributed by atoms with van der Waals surface area (Å²) in [5.74, 6) is -0.161. The van der Waals surface area contributed by atoms with E-state index in [2.05, 4.69) is 43.5 Å². The van der Waals surface area contributed by atoms with Gasteiger partial charge in [-0.3, -0.25) is 4.79 Å². The van der Waals surface area contributed by atoms with E-state index >= 15 is 0 Å². The van der Waals surface area contributed by atoms with E-state index in [4.69, 9.17) is 9.47 Å². The lowest BCUT2D eigenvalue weighted by Crippen LogP contribution is -2.60. The standard InChI is InChI=1S/C40H75NO8/c1-3-5-7-9-11-13-15-16-17-18-20-22-24-26-28-30-36(44)41-33(32-48-40-39(47)38(46)37(45)35(31-42)49-40)34(43)29-27-25-23-21-19-14-12-10-8-6-4-2/h11,13,16-17,33-35,37-40,42-43,45-47H,3-10,12,14-15,18-32H2,1-2H3,(H,41,44)/b13-11+,17-16+/t33-,34+,35-,37-,38?,39?,40-/m0/s1. The highest BCUT2D eigenvalue weighted by Gasteiger charge is 2.44. The molecule has 1 heterocycles. The molecule has 6 N–H and O–H groups in total. The second kappa shape index (κ2) is 31.4. The van der Waals surface area contributed by atoms with Crippen molar-refractivity contribution in [3.8, 4) is 0 Å². The molecule has 2 unspecified atom stereocenters. The Kier molecular flexibility index (Phi) is 29.3. The number of amides is 1. The van der Waals surface area contributed by atoms with Crippen molar-refractivity contribution in [2.24, 2.45) is 0 Å². The summed E-state index contributed by atoms with van der Waals surface area (Å²) in [5.41, 5.74) is 0. The Balaban J connectivity index is 2.41. The van der Waals surface area contributed by atoms with E-state index in [1.165, 1.54) is 77.0 Å². The van der Waals surface area contributed by atoms with Gasteiger partial charge in [-0.15, -0.1) is 0 Å². The van der Waals surface area contributed by atoms with Gasteiger partial charge in [-0.25, -0.2) is 0 Å². The van der Waals surface area contributed by atoms with Crippen molar-refractivity contribution in [1.82, 2.24) is 5.32 Å². The van der Waals surface area contributed by atoms with E-state index in [-0.39, 0.29) is 12.5 Å². The van der Waals surface area contributed by atoms with Crippen LogP contribution in [0.25, 0.3) is 0 Å². The van der Waals surface area contributed by atoms with Crippen LogP contribution in [0.3, 0.4) is 0 Å². The molecule has 0 bridgehead atoms. The number of ether oxygens (including phenoxy) is 2. The van der Waals surface area contributed by atoms with Gasteiger partial charge < -0.3 is 40.3 Å². The zero-order valence-electron chi connectivity index (χ0n) is 31.2. The van der Waals surface area contributed by atoms with Crippen molar-refractivity contribution in [2.75, 3.05) is 13.2 Å². The van der Waals surface area contributed by atoms with Crippen molar-refractivity contribution in [3.05, 3.63) is 24.3 Å². The van der Waals surface area contributed by atoms with Crippen molar-refractivity contribution in [2.45, 2.75) is 211 Å². The largest absolute Gasteiger partial charge is 0.394 e. The summed E-state index contributed by atoms with van der Waals surface area (Å²) in [6.07, 6.45) is 27.5. The van der Waals surface area contributed by atoms with Crippen molar-refractivity contribution < 1.29 is 39.8 Å².